The first kappa shape index (κ1) is 15.0. The van der Waals surface area contributed by atoms with Crippen LogP contribution < -0.4 is 5.32 Å². The molecule has 1 aliphatic carbocycles. The lowest BCUT2D eigenvalue weighted by Gasteiger charge is -2.35. The first-order valence-corrected chi connectivity index (χ1v) is 7.39. The van der Waals surface area contributed by atoms with Crippen molar-refractivity contribution in [3.63, 3.8) is 0 Å². The van der Waals surface area contributed by atoms with E-state index in [0.29, 0.717) is 12.0 Å². The number of methoxy groups -OCH3 is 1. The summed E-state index contributed by atoms with van der Waals surface area (Å²) >= 11 is 0. The predicted molar refractivity (Wildman–Crippen MR) is 74.2 cm³/mol. The Labute approximate surface area is 108 Å². The third-order valence-electron chi connectivity index (χ3n) is 4.12. The molecule has 2 heteroatoms. The van der Waals surface area contributed by atoms with E-state index in [-0.39, 0.29) is 0 Å². The summed E-state index contributed by atoms with van der Waals surface area (Å²) in [5.41, 5.74) is 0. The van der Waals surface area contributed by atoms with Crippen molar-refractivity contribution in [2.24, 2.45) is 17.8 Å². The van der Waals surface area contributed by atoms with Gasteiger partial charge in [0, 0.05) is 19.8 Å². The van der Waals surface area contributed by atoms with Crippen LogP contribution in [0.25, 0.3) is 0 Å². The lowest BCUT2D eigenvalue weighted by Crippen LogP contribution is -2.40. The van der Waals surface area contributed by atoms with Crippen LogP contribution in [0.3, 0.4) is 0 Å². The summed E-state index contributed by atoms with van der Waals surface area (Å²) < 4.78 is 5.26. The molecule has 0 heterocycles. The van der Waals surface area contributed by atoms with Gasteiger partial charge < -0.3 is 10.1 Å². The standard InChI is InChI=1S/C15H31NO/c1-5-16-15(10-13(3)11-17-4)14-8-6-7-12(2)9-14/h12-16H,5-11H2,1-4H3. The Kier molecular flexibility index (Phi) is 7.14. The minimum absolute atomic E-state index is 0.668. The Morgan fingerprint density at radius 1 is 1.35 bits per heavy atom. The van der Waals surface area contributed by atoms with E-state index < -0.39 is 0 Å². The van der Waals surface area contributed by atoms with Gasteiger partial charge in [-0.3, -0.25) is 0 Å². The maximum absolute atomic E-state index is 5.26. The van der Waals surface area contributed by atoms with Crippen LogP contribution in [0.2, 0.25) is 0 Å². The number of ether oxygens (including phenoxy) is 1. The Morgan fingerprint density at radius 3 is 2.71 bits per heavy atom. The Hall–Kier alpha value is -0.0800. The topological polar surface area (TPSA) is 21.3 Å². The van der Waals surface area contributed by atoms with Crippen molar-refractivity contribution in [3.05, 3.63) is 0 Å². The van der Waals surface area contributed by atoms with Gasteiger partial charge in [-0.05, 0) is 43.6 Å². The summed E-state index contributed by atoms with van der Waals surface area (Å²) in [6.07, 6.45) is 6.95. The molecule has 0 aromatic rings. The van der Waals surface area contributed by atoms with Crippen LogP contribution in [0.4, 0.5) is 0 Å². The molecule has 2 nitrogen and oxygen atoms in total. The van der Waals surface area contributed by atoms with Crippen molar-refractivity contribution in [2.75, 3.05) is 20.3 Å². The summed E-state index contributed by atoms with van der Waals surface area (Å²) in [5, 5.41) is 3.71. The van der Waals surface area contributed by atoms with Gasteiger partial charge in [-0.1, -0.05) is 33.6 Å². The highest BCUT2D eigenvalue weighted by Gasteiger charge is 2.27. The first-order valence-electron chi connectivity index (χ1n) is 7.39. The van der Waals surface area contributed by atoms with Crippen LogP contribution in [0, 0.1) is 17.8 Å². The quantitative estimate of drug-likeness (QED) is 0.737. The van der Waals surface area contributed by atoms with Crippen LogP contribution in [-0.2, 0) is 4.74 Å². The van der Waals surface area contributed by atoms with Gasteiger partial charge in [-0.2, -0.15) is 0 Å². The lowest BCUT2D eigenvalue weighted by molar-refractivity contribution is 0.133. The molecule has 1 aliphatic rings. The average molecular weight is 241 g/mol. The van der Waals surface area contributed by atoms with Crippen molar-refractivity contribution >= 4 is 0 Å². The number of hydrogen-bond donors (Lipinski definition) is 1. The van der Waals surface area contributed by atoms with Gasteiger partial charge in [0.15, 0.2) is 0 Å². The van der Waals surface area contributed by atoms with E-state index >= 15 is 0 Å². The Morgan fingerprint density at radius 2 is 2.12 bits per heavy atom. The fourth-order valence-electron chi connectivity index (χ4n) is 3.34. The van der Waals surface area contributed by atoms with Gasteiger partial charge >= 0.3 is 0 Å². The van der Waals surface area contributed by atoms with E-state index in [1.54, 1.807) is 7.11 Å². The molecule has 17 heavy (non-hydrogen) atoms. The smallest absolute Gasteiger partial charge is 0.0488 e. The summed E-state index contributed by atoms with van der Waals surface area (Å²) in [4.78, 5) is 0. The molecule has 4 atom stereocenters. The summed E-state index contributed by atoms with van der Waals surface area (Å²) in [7, 11) is 1.81. The molecule has 102 valence electrons. The predicted octanol–water partition coefficient (Wildman–Crippen LogP) is 3.46. The van der Waals surface area contributed by atoms with Gasteiger partial charge in [0.1, 0.15) is 0 Å². The molecular weight excluding hydrogens is 210 g/mol. The normalized spacial score (nSPS) is 28.9. The highest BCUT2D eigenvalue weighted by molar-refractivity contribution is 4.82. The molecule has 0 aliphatic heterocycles. The average Bonchev–Trinajstić information content (AvgIpc) is 2.29. The molecular formula is C15H31NO. The van der Waals surface area contributed by atoms with E-state index in [1.165, 1.54) is 32.1 Å². The third kappa shape index (κ3) is 5.39. The highest BCUT2D eigenvalue weighted by Crippen LogP contribution is 2.32. The van der Waals surface area contributed by atoms with Gasteiger partial charge in [0.05, 0.1) is 0 Å². The molecule has 1 fully saturated rings. The van der Waals surface area contributed by atoms with E-state index in [2.05, 4.69) is 26.1 Å². The first-order chi connectivity index (χ1) is 8.17. The van der Waals surface area contributed by atoms with Gasteiger partial charge in [-0.25, -0.2) is 0 Å². The van der Waals surface area contributed by atoms with E-state index in [0.717, 1.165) is 25.0 Å². The second kappa shape index (κ2) is 8.10. The van der Waals surface area contributed by atoms with Crippen LogP contribution in [0.15, 0.2) is 0 Å². The monoisotopic (exact) mass is 241 g/mol. The molecule has 1 saturated carbocycles. The minimum atomic E-state index is 0.668. The second-order valence-electron chi connectivity index (χ2n) is 5.99. The maximum atomic E-state index is 5.26. The molecule has 1 N–H and O–H groups in total. The van der Waals surface area contributed by atoms with Crippen molar-refractivity contribution in [1.82, 2.24) is 5.32 Å². The number of rotatable bonds is 7. The minimum Gasteiger partial charge on any atom is -0.384 e. The summed E-state index contributed by atoms with van der Waals surface area (Å²) in [6.45, 7) is 8.92. The molecule has 0 amide bonds. The zero-order valence-corrected chi connectivity index (χ0v) is 12.2. The SMILES string of the molecule is CCNC(CC(C)COC)C1CCCC(C)C1. The second-order valence-corrected chi connectivity index (χ2v) is 5.99. The molecule has 4 unspecified atom stereocenters. The van der Waals surface area contributed by atoms with Crippen LogP contribution in [0.1, 0.15) is 52.9 Å². The molecule has 0 saturated heterocycles. The van der Waals surface area contributed by atoms with Crippen LogP contribution in [0.5, 0.6) is 0 Å². The zero-order valence-electron chi connectivity index (χ0n) is 12.2. The van der Waals surface area contributed by atoms with Crippen molar-refractivity contribution in [1.29, 1.82) is 0 Å². The molecule has 0 aromatic carbocycles. The van der Waals surface area contributed by atoms with Gasteiger partial charge in [0.2, 0.25) is 0 Å². The Balaban J connectivity index is 2.45. The molecule has 0 bridgehead atoms. The molecule has 0 radical (unpaired) electrons. The maximum Gasteiger partial charge on any atom is 0.0488 e. The molecule has 1 rings (SSSR count). The fourth-order valence-corrected chi connectivity index (χ4v) is 3.34. The Bertz CT molecular complexity index is 195. The largest absolute Gasteiger partial charge is 0.384 e. The van der Waals surface area contributed by atoms with Crippen molar-refractivity contribution < 1.29 is 4.74 Å². The number of hydrogen-bond acceptors (Lipinski definition) is 2. The fraction of sp³-hybridized carbons (Fsp3) is 1.00. The number of nitrogens with one attached hydrogen (secondary N) is 1. The highest BCUT2D eigenvalue weighted by atomic mass is 16.5. The molecule has 0 spiro atoms. The summed E-state index contributed by atoms with van der Waals surface area (Å²) in [5.74, 6) is 2.48. The lowest BCUT2D eigenvalue weighted by atomic mass is 9.76. The van der Waals surface area contributed by atoms with Gasteiger partial charge in [-0.15, -0.1) is 0 Å². The van der Waals surface area contributed by atoms with Crippen molar-refractivity contribution in [2.45, 2.75) is 58.9 Å². The molecule has 0 aromatic heterocycles. The van der Waals surface area contributed by atoms with E-state index in [9.17, 15) is 0 Å². The van der Waals surface area contributed by atoms with Crippen LogP contribution >= 0.6 is 0 Å². The third-order valence-corrected chi connectivity index (χ3v) is 4.12. The van der Waals surface area contributed by atoms with E-state index in [4.69, 9.17) is 4.74 Å². The van der Waals surface area contributed by atoms with E-state index in [1.807, 2.05) is 0 Å². The van der Waals surface area contributed by atoms with Crippen LogP contribution in [-0.4, -0.2) is 26.3 Å². The van der Waals surface area contributed by atoms with Gasteiger partial charge in [0.25, 0.3) is 0 Å². The van der Waals surface area contributed by atoms with Crippen molar-refractivity contribution in [3.8, 4) is 0 Å². The summed E-state index contributed by atoms with van der Waals surface area (Å²) in [6, 6.07) is 0.702. The zero-order chi connectivity index (χ0) is 12.7.